The van der Waals surface area contributed by atoms with Crippen molar-refractivity contribution in [3.05, 3.63) is 256 Å². The first kappa shape index (κ1) is 58.4. The Hall–Kier alpha value is -6.21. The third-order valence-corrected chi connectivity index (χ3v) is 15.8. The second kappa shape index (κ2) is 24.5. The molecule has 0 amide bonds. The minimum atomic E-state index is -0.181. The average molecular weight is 1250 g/mol. The fourth-order valence-corrected chi connectivity index (χ4v) is 12.2. The van der Waals surface area contributed by atoms with Crippen molar-refractivity contribution in [3.63, 3.8) is 0 Å². The fourth-order valence-electron chi connectivity index (χ4n) is 9.94. The fraction of sp³-hybridized carbons (Fsp3) is 0.129. The Labute approximate surface area is 505 Å². The molecule has 18 heteroatoms. The zero-order valence-electron chi connectivity index (χ0n) is 41.6. The molecular weight excluding hydrogens is 1210 g/mol. The third kappa shape index (κ3) is 13.4. The van der Waals surface area contributed by atoms with Crippen LogP contribution < -0.4 is 0 Å². The van der Waals surface area contributed by atoms with Crippen LogP contribution in [-0.4, -0.2) is 46.0 Å². The normalized spacial score (nSPS) is 11.4. The quantitative estimate of drug-likeness (QED) is 0.0455. The summed E-state index contributed by atoms with van der Waals surface area (Å²) in [6.07, 6.45) is 0.0425. The molecule has 80 heavy (non-hydrogen) atoms. The van der Waals surface area contributed by atoms with Crippen LogP contribution in [0.25, 0.3) is 0 Å². The third-order valence-electron chi connectivity index (χ3n) is 13.8. The van der Waals surface area contributed by atoms with Crippen LogP contribution in [0.15, 0.2) is 121 Å². The van der Waals surface area contributed by atoms with Gasteiger partial charge < -0.3 is 46.0 Å². The van der Waals surface area contributed by atoms with Crippen molar-refractivity contribution in [3.8, 4) is 51.7 Å². The number of benzene rings is 9. The summed E-state index contributed by atoms with van der Waals surface area (Å²) in [6.45, 7) is 0. The molecule has 410 valence electrons. The maximum Gasteiger partial charge on any atom is 0.122 e. The molecule has 0 aliphatic rings. The van der Waals surface area contributed by atoms with Crippen molar-refractivity contribution in [2.45, 2.75) is 51.4 Å². The van der Waals surface area contributed by atoms with Crippen LogP contribution in [0.5, 0.6) is 51.7 Å². The average Bonchev–Trinajstić information content (AvgIpc) is 3.38. The number of rotatable bonds is 16. The topological polar surface area (TPSA) is 182 Å². The zero-order valence-corrected chi connectivity index (χ0v) is 48.4. The largest absolute Gasteiger partial charge is 0.508 e. The van der Waals surface area contributed by atoms with E-state index in [-0.39, 0.29) is 128 Å². The summed E-state index contributed by atoms with van der Waals surface area (Å²) in [6, 6.07) is 31.0. The molecule has 0 unspecified atom stereocenters. The first-order valence-corrected chi connectivity index (χ1v) is 27.8. The summed E-state index contributed by atoms with van der Waals surface area (Å²) in [4.78, 5) is 0. The Morgan fingerprint density at radius 3 is 0.450 bits per heavy atom. The minimum Gasteiger partial charge on any atom is -0.508 e. The number of aromatic hydroxyl groups is 9. The van der Waals surface area contributed by atoms with Gasteiger partial charge in [-0.1, -0.05) is 104 Å². The molecule has 0 saturated carbocycles. The number of hydrogen-bond acceptors (Lipinski definition) is 9. The van der Waals surface area contributed by atoms with Crippen LogP contribution >= 0.6 is 104 Å². The highest BCUT2D eigenvalue weighted by molar-refractivity contribution is 6.33. The lowest BCUT2D eigenvalue weighted by atomic mass is 9.92. The highest BCUT2D eigenvalue weighted by Crippen LogP contribution is 2.43. The first-order chi connectivity index (χ1) is 38.0. The molecule has 9 nitrogen and oxygen atoms in total. The Bertz CT molecular complexity index is 3670. The lowest BCUT2D eigenvalue weighted by Gasteiger charge is -2.17. The van der Waals surface area contributed by atoms with Gasteiger partial charge in [0, 0.05) is 174 Å². The van der Waals surface area contributed by atoms with E-state index in [1.807, 2.05) is 0 Å². The van der Waals surface area contributed by atoms with Crippen LogP contribution in [-0.2, 0) is 51.4 Å². The molecule has 0 spiro atoms. The number of phenols is 9. The van der Waals surface area contributed by atoms with Crippen molar-refractivity contribution in [2.24, 2.45) is 0 Å². The highest BCUT2D eigenvalue weighted by Gasteiger charge is 2.23. The second-order valence-electron chi connectivity index (χ2n) is 19.5. The summed E-state index contributed by atoms with van der Waals surface area (Å²) < 4.78 is 0. The van der Waals surface area contributed by atoms with Gasteiger partial charge >= 0.3 is 0 Å². The second-order valence-corrected chi connectivity index (χ2v) is 23.4. The van der Waals surface area contributed by atoms with Crippen LogP contribution in [0.1, 0.15) is 89.0 Å². The standard InChI is InChI=1S/C62H45Cl9O9/c63-45-1-3-54(72)29(13-45)5-31-15-47(65)17-33(56(31)74)7-35-19-49(67)21-37(58(35)76)9-39-23-51(69)25-41(60(39)78)11-43-27-53(71)28-44(62(43)80)12-42-26-52(70)24-40(61(42)79)10-38-22-50(68)20-36(59(38)77)8-34-18-48(66)16-32(57(34)75)6-30-14-46(64)2-4-55(30)73/h1-4,13-28,72-80H,5-12H2. The minimum absolute atomic E-state index is 0.00539. The molecule has 0 aromatic heterocycles. The predicted molar refractivity (Wildman–Crippen MR) is 320 cm³/mol. The van der Waals surface area contributed by atoms with Crippen molar-refractivity contribution in [1.82, 2.24) is 0 Å². The van der Waals surface area contributed by atoms with E-state index in [1.54, 1.807) is 109 Å². The summed E-state index contributed by atoms with van der Waals surface area (Å²) >= 11 is 58.7. The van der Waals surface area contributed by atoms with Gasteiger partial charge in [0.2, 0.25) is 0 Å². The van der Waals surface area contributed by atoms with Crippen LogP contribution in [0, 0.1) is 0 Å². The Morgan fingerprint density at radius 2 is 0.300 bits per heavy atom. The van der Waals surface area contributed by atoms with Crippen LogP contribution in [0.4, 0.5) is 0 Å². The Kier molecular flexibility index (Phi) is 17.9. The maximum atomic E-state index is 11.8. The van der Waals surface area contributed by atoms with Gasteiger partial charge in [0.25, 0.3) is 0 Å². The van der Waals surface area contributed by atoms with Gasteiger partial charge in [-0.05, 0) is 132 Å². The zero-order chi connectivity index (χ0) is 57.4. The number of halogens is 9. The van der Waals surface area contributed by atoms with Gasteiger partial charge in [0.1, 0.15) is 51.7 Å². The molecular formula is C62H45Cl9O9. The van der Waals surface area contributed by atoms with E-state index < -0.39 is 0 Å². The lowest BCUT2D eigenvalue weighted by Crippen LogP contribution is -2.01. The predicted octanol–water partition coefficient (Wildman–Crippen LogP) is 17.6. The van der Waals surface area contributed by atoms with Crippen LogP contribution in [0.2, 0.25) is 45.2 Å². The molecule has 9 aromatic carbocycles. The van der Waals surface area contributed by atoms with Crippen molar-refractivity contribution >= 4 is 104 Å². The lowest BCUT2D eigenvalue weighted by molar-refractivity contribution is 0.452. The van der Waals surface area contributed by atoms with Crippen LogP contribution in [0.3, 0.4) is 0 Å². The summed E-state index contributed by atoms with van der Waals surface area (Å²) in [7, 11) is 0. The van der Waals surface area contributed by atoms with Crippen molar-refractivity contribution in [1.29, 1.82) is 0 Å². The van der Waals surface area contributed by atoms with E-state index in [0.717, 1.165) is 0 Å². The Morgan fingerprint density at radius 1 is 0.175 bits per heavy atom. The molecule has 9 N–H and O–H groups in total. The maximum absolute atomic E-state index is 11.8. The molecule has 0 heterocycles. The van der Waals surface area contributed by atoms with Gasteiger partial charge in [-0.15, -0.1) is 0 Å². The molecule has 0 radical (unpaired) electrons. The number of hydrogen-bond donors (Lipinski definition) is 9. The molecule has 0 bridgehead atoms. The highest BCUT2D eigenvalue weighted by atomic mass is 35.5. The van der Waals surface area contributed by atoms with Crippen molar-refractivity contribution in [2.75, 3.05) is 0 Å². The summed E-state index contributed by atoms with van der Waals surface area (Å²) in [5.41, 5.74) is 5.82. The molecule has 0 saturated heterocycles. The molecule has 0 atom stereocenters. The smallest absolute Gasteiger partial charge is 0.122 e. The van der Waals surface area contributed by atoms with E-state index in [2.05, 4.69) is 0 Å². The monoisotopic (exact) mass is 1250 g/mol. The molecule has 0 fully saturated rings. The Balaban J connectivity index is 0.943. The molecule has 0 aliphatic carbocycles. The van der Waals surface area contributed by atoms with E-state index >= 15 is 0 Å². The number of phenolic OH excluding ortho intramolecular Hbond substituents is 9. The molecule has 0 aliphatic heterocycles. The van der Waals surface area contributed by atoms with Gasteiger partial charge in [-0.25, -0.2) is 0 Å². The van der Waals surface area contributed by atoms with Gasteiger partial charge in [0.15, 0.2) is 0 Å². The van der Waals surface area contributed by atoms with Crippen molar-refractivity contribution < 1.29 is 46.0 Å². The van der Waals surface area contributed by atoms with Gasteiger partial charge in [-0.3, -0.25) is 0 Å². The SMILES string of the molecule is Oc1ccc(Cl)cc1Cc1cc(Cl)cc(Cc2cc(Cl)cc(Cc3cc(Cl)cc(Cc4cc(Cl)cc(Cc5cc(Cl)cc(Cc6cc(Cl)cc(Cc7cc(Cl)cc(Cc8cc(Cl)ccc8O)c7O)c6O)c5O)c4O)c3O)c2O)c1O. The first-order valence-electron chi connectivity index (χ1n) is 24.4. The van der Waals surface area contributed by atoms with E-state index in [1.165, 1.54) is 12.1 Å². The summed E-state index contributed by atoms with van der Waals surface area (Å²) in [5.74, 6) is -1.04. The molecule has 9 rings (SSSR count). The summed E-state index contributed by atoms with van der Waals surface area (Å²) in [5, 5.41) is 105. The van der Waals surface area contributed by atoms with E-state index in [9.17, 15) is 46.0 Å². The van der Waals surface area contributed by atoms with Gasteiger partial charge in [-0.2, -0.15) is 0 Å². The molecule has 9 aromatic rings. The van der Waals surface area contributed by atoms with Gasteiger partial charge in [0.05, 0.1) is 0 Å². The van der Waals surface area contributed by atoms with E-state index in [4.69, 9.17) is 104 Å². The van der Waals surface area contributed by atoms with E-state index in [0.29, 0.717) is 109 Å².